The van der Waals surface area contributed by atoms with E-state index in [1.165, 1.54) is 0 Å². The van der Waals surface area contributed by atoms with Crippen molar-refractivity contribution in [3.8, 4) is 11.5 Å². The number of nitrogens with one attached hydrogen (secondary N) is 1. The maximum absolute atomic E-state index is 13.8. The van der Waals surface area contributed by atoms with E-state index in [2.05, 4.69) is 4.98 Å². The zero-order chi connectivity index (χ0) is 30.8. The molecule has 0 saturated heterocycles. The Morgan fingerprint density at radius 1 is 0.907 bits per heavy atom. The lowest BCUT2D eigenvalue weighted by molar-refractivity contribution is 0.306. The van der Waals surface area contributed by atoms with E-state index in [0.717, 1.165) is 12.5 Å². The summed E-state index contributed by atoms with van der Waals surface area (Å²) in [6.07, 6.45) is 8.51. The fourth-order valence-corrected chi connectivity index (χ4v) is 6.41. The lowest BCUT2D eigenvalue weighted by Gasteiger charge is -2.27. The number of hydrogen-bond donors (Lipinski definition) is 4. The standard InChI is InChI=1S/C33H27NO9/c1-3-5-7-8-17-13-16-12-15-9-10-33(25(15)29(39)20(16)32(42)34-17)30(40)23-24(31(33)41)28(38)22-21(27(23)37)18(35)14-19(26(22)36)43-11-6-4-2/h3,5,7-8,12-14,39-41H,4,6,9-11H2,1-2H3,(H,34,42)/t33-/m0/s1. The Kier molecular flexibility index (Phi) is 6.45. The number of pyridine rings is 1. The van der Waals surface area contributed by atoms with Crippen LogP contribution in [0.4, 0.5) is 0 Å². The van der Waals surface area contributed by atoms with Gasteiger partial charge in [0.05, 0.1) is 32.9 Å². The van der Waals surface area contributed by atoms with E-state index in [0.29, 0.717) is 23.1 Å². The highest BCUT2D eigenvalue weighted by molar-refractivity contribution is 5.94. The monoisotopic (exact) mass is 581 g/mol. The number of ether oxygens (including phenoxy) is 1. The van der Waals surface area contributed by atoms with E-state index >= 15 is 0 Å². The van der Waals surface area contributed by atoms with Gasteiger partial charge in [-0.1, -0.05) is 37.6 Å². The molecule has 0 bridgehead atoms. The molecule has 43 heavy (non-hydrogen) atoms. The molecule has 4 aliphatic rings. The van der Waals surface area contributed by atoms with Crippen LogP contribution in [0.15, 0.2) is 60.4 Å². The fourth-order valence-electron chi connectivity index (χ4n) is 6.41. The summed E-state index contributed by atoms with van der Waals surface area (Å²) >= 11 is 0. The van der Waals surface area contributed by atoms with Gasteiger partial charge in [-0.2, -0.15) is 0 Å². The summed E-state index contributed by atoms with van der Waals surface area (Å²) in [6.45, 7) is 3.87. The third-order valence-corrected chi connectivity index (χ3v) is 8.39. The summed E-state index contributed by atoms with van der Waals surface area (Å²) in [4.78, 5) is 69.5. The van der Waals surface area contributed by atoms with Crippen molar-refractivity contribution in [1.82, 2.24) is 4.98 Å². The molecule has 1 atom stereocenters. The second kappa shape index (κ2) is 9.94. The number of aromatic amines is 1. The van der Waals surface area contributed by atoms with Gasteiger partial charge >= 0.3 is 0 Å². The maximum Gasteiger partial charge on any atom is 0.260 e. The number of unbranched alkanes of at least 4 members (excludes halogenated alkanes) is 1. The largest absolute Gasteiger partial charge is 0.510 e. The molecule has 10 nitrogen and oxygen atoms in total. The number of phenols is 1. The van der Waals surface area contributed by atoms with Crippen LogP contribution in [0, 0.1) is 10.4 Å². The van der Waals surface area contributed by atoms with Crippen LogP contribution >= 0.6 is 0 Å². The lowest BCUT2D eigenvalue weighted by atomic mass is 9.78. The van der Waals surface area contributed by atoms with Crippen molar-refractivity contribution in [3.63, 3.8) is 0 Å². The number of H-pyrrole nitrogens is 1. The minimum atomic E-state index is -1.94. The highest BCUT2D eigenvalue weighted by atomic mass is 16.5. The Morgan fingerprint density at radius 2 is 1.60 bits per heavy atom. The summed E-state index contributed by atoms with van der Waals surface area (Å²) in [5.41, 5.74) is -5.69. The van der Waals surface area contributed by atoms with Crippen LogP contribution in [-0.4, -0.2) is 26.9 Å². The van der Waals surface area contributed by atoms with Crippen molar-refractivity contribution in [2.24, 2.45) is 0 Å². The number of aliphatic hydroxyl groups is 2. The average Bonchev–Trinajstić information content (AvgIpc) is 3.46. The van der Waals surface area contributed by atoms with E-state index in [4.69, 9.17) is 4.74 Å². The highest BCUT2D eigenvalue weighted by Gasteiger charge is 2.53. The molecular weight excluding hydrogens is 554 g/mol. The molecule has 0 amide bonds. The number of hydrogen-bond acceptors (Lipinski definition) is 9. The van der Waals surface area contributed by atoms with Crippen LogP contribution in [-0.2, 0) is 11.8 Å². The van der Waals surface area contributed by atoms with Gasteiger partial charge in [0.1, 0.15) is 22.7 Å². The van der Waals surface area contributed by atoms with E-state index in [1.54, 1.807) is 30.4 Å². The first-order valence-corrected chi connectivity index (χ1v) is 13.9. The van der Waals surface area contributed by atoms with Crippen LogP contribution in [0.1, 0.15) is 49.9 Å². The first-order valence-electron chi connectivity index (χ1n) is 13.9. The summed E-state index contributed by atoms with van der Waals surface area (Å²) in [5.74, 6) is -2.36. The third-order valence-electron chi connectivity index (χ3n) is 8.39. The van der Waals surface area contributed by atoms with Gasteiger partial charge in [-0.15, -0.1) is 0 Å². The van der Waals surface area contributed by atoms with Crippen molar-refractivity contribution in [3.05, 3.63) is 125 Å². The Morgan fingerprint density at radius 3 is 2.28 bits per heavy atom. The number of aliphatic hydroxyl groups excluding tert-OH is 2. The van der Waals surface area contributed by atoms with Crippen molar-refractivity contribution in [2.45, 2.75) is 44.9 Å². The number of fused-ring (bicyclic) bond motifs is 4. The van der Waals surface area contributed by atoms with Gasteiger partial charge in [-0.3, -0.25) is 24.0 Å². The van der Waals surface area contributed by atoms with Gasteiger partial charge in [0.15, 0.2) is 11.2 Å². The van der Waals surface area contributed by atoms with Gasteiger partial charge in [-0.05, 0) is 49.3 Å². The van der Waals surface area contributed by atoms with Crippen molar-refractivity contribution >= 4 is 28.4 Å². The molecule has 0 saturated carbocycles. The summed E-state index contributed by atoms with van der Waals surface area (Å²) in [5, 5.41) is 32.3. The SMILES string of the molecule is CC=CC=Cc1cc2cc3c(c(O)c2c(=O)[nH]1)[C@@]1(CC3)C(O)=c2c(=O)c3c(=O)cc(OCCCC)c(=O)c=3c(=O)c2=C1O. The molecule has 6 rings (SSSR count). The number of aromatic hydroxyl groups is 1. The molecule has 0 aliphatic heterocycles. The molecule has 2 aromatic rings. The summed E-state index contributed by atoms with van der Waals surface area (Å²) < 4.78 is 5.42. The molecule has 1 aromatic heterocycles. The minimum absolute atomic E-state index is 0.0231. The zero-order valence-electron chi connectivity index (χ0n) is 23.4. The third kappa shape index (κ3) is 3.75. The normalized spacial score (nSPS) is 17.7. The van der Waals surface area contributed by atoms with Gasteiger partial charge in [0, 0.05) is 17.3 Å². The second-order valence-corrected chi connectivity index (χ2v) is 10.8. The quantitative estimate of drug-likeness (QED) is 0.193. The first-order chi connectivity index (χ1) is 20.6. The number of benzene rings is 1. The van der Waals surface area contributed by atoms with Crippen molar-refractivity contribution in [2.75, 3.05) is 6.61 Å². The molecule has 218 valence electrons. The van der Waals surface area contributed by atoms with Crippen LogP contribution in [0.25, 0.3) is 28.4 Å². The summed E-state index contributed by atoms with van der Waals surface area (Å²) in [7, 11) is 0. The Hall–Kier alpha value is -5.25. The molecular formula is C33H27NO9. The number of phenolic OH excluding ortho intramolecular Hbond substituents is 1. The Labute approximate surface area is 241 Å². The molecule has 4 N–H and O–H groups in total. The predicted molar refractivity (Wildman–Crippen MR) is 161 cm³/mol. The molecule has 1 spiro atoms. The zero-order valence-corrected chi connectivity index (χ0v) is 23.4. The highest BCUT2D eigenvalue weighted by Crippen LogP contribution is 2.54. The molecule has 0 radical (unpaired) electrons. The number of rotatable bonds is 6. The van der Waals surface area contributed by atoms with Gasteiger partial charge < -0.3 is 25.0 Å². The van der Waals surface area contributed by atoms with Gasteiger partial charge in [0.25, 0.3) is 5.56 Å². The molecule has 0 fully saturated rings. The Bertz CT molecular complexity index is 2410. The first kappa shape index (κ1) is 27.9. The Balaban J connectivity index is 1.68. The van der Waals surface area contributed by atoms with E-state index in [-0.39, 0.29) is 36.1 Å². The smallest absolute Gasteiger partial charge is 0.260 e. The number of aromatic nitrogens is 1. The van der Waals surface area contributed by atoms with E-state index in [1.807, 2.05) is 19.9 Å². The average molecular weight is 582 g/mol. The molecule has 0 unspecified atom stereocenters. The molecule has 1 heterocycles. The molecule has 1 aromatic carbocycles. The van der Waals surface area contributed by atoms with Crippen LogP contribution in [0.5, 0.6) is 11.5 Å². The molecule has 4 aliphatic carbocycles. The second-order valence-electron chi connectivity index (χ2n) is 10.8. The van der Waals surface area contributed by atoms with Crippen LogP contribution < -0.4 is 42.4 Å². The van der Waals surface area contributed by atoms with E-state index in [9.17, 15) is 39.3 Å². The van der Waals surface area contributed by atoms with Crippen LogP contribution in [0.2, 0.25) is 0 Å². The van der Waals surface area contributed by atoms with Crippen molar-refractivity contribution < 1.29 is 20.1 Å². The van der Waals surface area contributed by atoms with Crippen molar-refractivity contribution in [1.29, 1.82) is 0 Å². The van der Waals surface area contributed by atoms with E-state index < -0.39 is 70.8 Å². The van der Waals surface area contributed by atoms with Gasteiger partial charge in [-0.25, -0.2) is 0 Å². The maximum atomic E-state index is 13.8. The summed E-state index contributed by atoms with van der Waals surface area (Å²) in [6, 6.07) is 4.18. The van der Waals surface area contributed by atoms with Gasteiger partial charge in [0.2, 0.25) is 16.3 Å². The number of allylic oxidation sites excluding steroid dienone is 3. The van der Waals surface area contributed by atoms with Crippen LogP contribution in [0.3, 0.4) is 0 Å². The fraction of sp³-hybridized carbons (Fsp3) is 0.242. The minimum Gasteiger partial charge on any atom is -0.510 e. The molecule has 10 heteroatoms. The predicted octanol–water partition coefficient (Wildman–Crippen LogP) is 1.27. The lowest BCUT2D eigenvalue weighted by Crippen LogP contribution is -2.52. The number of aryl methyl sites for hydroxylation is 1. The topological polar surface area (TPSA) is 171 Å².